The first kappa shape index (κ1) is 10.3. The second-order valence-corrected chi connectivity index (χ2v) is 2.72. The molecule has 0 atom stereocenters. The topological polar surface area (TPSA) is 56.1 Å². The van der Waals surface area contributed by atoms with Crippen molar-refractivity contribution in [3.05, 3.63) is 17.5 Å². The molecule has 1 aromatic rings. The van der Waals surface area contributed by atoms with E-state index in [1.165, 1.54) is 4.68 Å². The Morgan fingerprint density at radius 1 is 1.86 bits per heavy atom. The van der Waals surface area contributed by atoms with Gasteiger partial charge in [-0.05, 0) is 13.0 Å². The maximum absolute atomic E-state index is 11.4. The van der Waals surface area contributed by atoms with Crippen LogP contribution in [0.1, 0.15) is 16.2 Å². The molecule has 0 aliphatic rings. The van der Waals surface area contributed by atoms with Gasteiger partial charge in [0.15, 0.2) is 0 Å². The monoisotopic (exact) mass is 193 g/mol. The molecule has 0 aliphatic carbocycles. The van der Waals surface area contributed by atoms with Crippen molar-refractivity contribution in [3.63, 3.8) is 0 Å². The molecule has 0 saturated carbocycles. The molecule has 74 valence electrons. The summed E-state index contributed by atoms with van der Waals surface area (Å²) in [6.45, 7) is 1.85. The minimum Gasteiger partial charge on any atom is -0.265 e. The van der Waals surface area contributed by atoms with Gasteiger partial charge in [0.2, 0.25) is 0 Å². The van der Waals surface area contributed by atoms with Crippen LogP contribution in [0, 0.1) is 19.3 Å². The maximum Gasteiger partial charge on any atom is 0.293 e. The number of nitrogens with zero attached hydrogens (tertiary/aromatic N) is 2. The van der Waals surface area contributed by atoms with Crippen LogP contribution in [0.25, 0.3) is 0 Å². The third-order valence-corrected chi connectivity index (χ3v) is 1.55. The lowest BCUT2D eigenvalue weighted by Gasteiger charge is -2.02. The number of terminal acetylenes is 1. The molecule has 1 aromatic heterocycles. The highest BCUT2D eigenvalue weighted by Gasteiger charge is 2.10. The number of carbonyl (C=O) groups is 1. The first-order valence-electron chi connectivity index (χ1n) is 4.01. The first-order valence-corrected chi connectivity index (χ1v) is 4.01. The lowest BCUT2D eigenvalue weighted by Crippen LogP contribution is -2.25. The highest BCUT2D eigenvalue weighted by atomic mass is 16.6. The highest BCUT2D eigenvalue weighted by molar-refractivity contribution is 5.91. The van der Waals surface area contributed by atoms with Gasteiger partial charge in [0.1, 0.15) is 12.3 Å². The zero-order valence-corrected chi connectivity index (χ0v) is 8.07. The van der Waals surface area contributed by atoms with Crippen molar-refractivity contribution >= 4 is 5.91 Å². The van der Waals surface area contributed by atoms with Crippen LogP contribution >= 0.6 is 0 Å². The number of amides is 1. The molecule has 1 amide bonds. The highest BCUT2D eigenvalue weighted by Crippen LogP contribution is 2.00. The molecule has 0 aliphatic heterocycles. The third kappa shape index (κ3) is 2.34. The van der Waals surface area contributed by atoms with E-state index >= 15 is 0 Å². The van der Waals surface area contributed by atoms with Gasteiger partial charge in [-0.2, -0.15) is 5.10 Å². The Kier molecular flexibility index (Phi) is 3.26. The molecule has 1 heterocycles. The van der Waals surface area contributed by atoms with Crippen LogP contribution < -0.4 is 5.48 Å². The lowest BCUT2D eigenvalue weighted by molar-refractivity contribution is 0.0429. The van der Waals surface area contributed by atoms with Gasteiger partial charge >= 0.3 is 0 Å². The van der Waals surface area contributed by atoms with Crippen molar-refractivity contribution in [3.8, 4) is 12.3 Å². The molecule has 0 unspecified atom stereocenters. The second kappa shape index (κ2) is 4.44. The number of rotatable bonds is 3. The fourth-order valence-electron chi connectivity index (χ4n) is 1.02. The quantitative estimate of drug-likeness (QED) is 0.418. The summed E-state index contributed by atoms with van der Waals surface area (Å²) in [4.78, 5) is 16.1. The number of hydrogen-bond donors (Lipinski definition) is 1. The van der Waals surface area contributed by atoms with Gasteiger partial charge in [-0.1, -0.05) is 5.92 Å². The van der Waals surface area contributed by atoms with Gasteiger partial charge in [0, 0.05) is 7.05 Å². The summed E-state index contributed by atoms with van der Waals surface area (Å²) < 4.78 is 1.48. The Morgan fingerprint density at radius 2 is 2.57 bits per heavy atom. The van der Waals surface area contributed by atoms with Crippen molar-refractivity contribution in [1.82, 2.24) is 15.3 Å². The predicted octanol–water partition coefficient (Wildman–Crippen LogP) is 0.0231. The minimum absolute atomic E-state index is 0.0442. The van der Waals surface area contributed by atoms with Crippen molar-refractivity contribution in [2.24, 2.45) is 7.05 Å². The van der Waals surface area contributed by atoms with Gasteiger partial charge in [0.05, 0.1) is 5.69 Å². The number of aromatic nitrogens is 2. The molecule has 1 rings (SSSR count). The smallest absolute Gasteiger partial charge is 0.265 e. The van der Waals surface area contributed by atoms with E-state index in [9.17, 15) is 4.79 Å². The van der Waals surface area contributed by atoms with E-state index in [0.717, 1.165) is 5.69 Å². The third-order valence-electron chi connectivity index (χ3n) is 1.55. The Hall–Kier alpha value is -1.80. The van der Waals surface area contributed by atoms with Crippen molar-refractivity contribution in [2.45, 2.75) is 6.92 Å². The molecule has 0 spiro atoms. The number of hydrogen-bond acceptors (Lipinski definition) is 3. The van der Waals surface area contributed by atoms with E-state index in [4.69, 9.17) is 6.42 Å². The van der Waals surface area contributed by atoms with E-state index in [0.29, 0.717) is 5.69 Å². The SMILES string of the molecule is C#CCONC(=O)c1cc(C)nn1C. The molecule has 14 heavy (non-hydrogen) atoms. The molecule has 1 N–H and O–H groups in total. The molecule has 5 nitrogen and oxygen atoms in total. The zero-order chi connectivity index (χ0) is 10.6. The van der Waals surface area contributed by atoms with E-state index in [-0.39, 0.29) is 12.5 Å². The normalized spacial score (nSPS) is 9.50. The number of aryl methyl sites for hydroxylation is 2. The van der Waals surface area contributed by atoms with Crippen LogP contribution in [0.3, 0.4) is 0 Å². The summed E-state index contributed by atoms with van der Waals surface area (Å²) >= 11 is 0. The molecule has 0 fully saturated rings. The maximum atomic E-state index is 11.4. The van der Waals surface area contributed by atoms with E-state index in [1.807, 2.05) is 0 Å². The summed E-state index contributed by atoms with van der Waals surface area (Å²) in [6.07, 6.45) is 4.94. The molecule has 0 radical (unpaired) electrons. The Labute approximate surface area is 82.0 Å². The van der Waals surface area contributed by atoms with Crippen LogP contribution in [-0.2, 0) is 11.9 Å². The first-order chi connectivity index (χ1) is 6.65. The average molecular weight is 193 g/mol. The average Bonchev–Trinajstić information content (AvgIpc) is 2.45. The summed E-state index contributed by atoms with van der Waals surface area (Å²) in [7, 11) is 1.68. The molecular weight excluding hydrogens is 182 g/mol. The van der Waals surface area contributed by atoms with Crippen molar-refractivity contribution in [2.75, 3.05) is 6.61 Å². The van der Waals surface area contributed by atoms with Crippen LogP contribution in [0.15, 0.2) is 6.07 Å². The summed E-state index contributed by atoms with van der Waals surface area (Å²) in [5, 5.41) is 4.02. The molecular formula is C9H11N3O2. The Balaban J connectivity index is 2.61. The van der Waals surface area contributed by atoms with E-state index in [1.54, 1.807) is 20.0 Å². The lowest BCUT2D eigenvalue weighted by atomic mass is 10.3. The molecule has 0 bridgehead atoms. The predicted molar refractivity (Wildman–Crippen MR) is 50.2 cm³/mol. The fourth-order valence-corrected chi connectivity index (χ4v) is 1.02. The van der Waals surface area contributed by atoms with Gasteiger partial charge in [-0.3, -0.25) is 14.3 Å². The summed E-state index contributed by atoms with van der Waals surface area (Å²) in [5.41, 5.74) is 3.41. The van der Waals surface area contributed by atoms with Crippen molar-refractivity contribution in [1.29, 1.82) is 0 Å². The zero-order valence-electron chi connectivity index (χ0n) is 8.07. The molecule has 5 heteroatoms. The summed E-state index contributed by atoms with van der Waals surface area (Å²) in [6, 6.07) is 1.66. The Morgan fingerprint density at radius 3 is 3.07 bits per heavy atom. The second-order valence-electron chi connectivity index (χ2n) is 2.72. The minimum atomic E-state index is -0.358. The van der Waals surface area contributed by atoms with Crippen LogP contribution in [0.5, 0.6) is 0 Å². The van der Waals surface area contributed by atoms with Gasteiger partial charge in [0.25, 0.3) is 5.91 Å². The fraction of sp³-hybridized carbons (Fsp3) is 0.333. The largest absolute Gasteiger partial charge is 0.293 e. The number of hydroxylamine groups is 1. The van der Waals surface area contributed by atoms with Gasteiger partial charge in [-0.25, -0.2) is 5.48 Å². The standard InChI is InChI=1S/C9H11N3O2/c1-4-5-14-11-9(13)8-6-7(2)10-12(8)3/h1,6H,5H2,2-3H3,(H,11,13). The van der Waals surface area contributed by atoms with Gasteiger partial charge < -0.3 is 0 Å². The van der Waals surface area contributed by atoms with Crippen LogP contribution in [-0.4, -0.2) is 22.3 Å². The van der Waals surface area contributed by atoms with Crippen LogP contribution in [0.2, 0.25) is 0 Å². The van der Waals surface area contributed by atoms with E-state index < -0.39 is 0 Å². The number of nitrogens with one attached hydrogen (secondary N) is 1. The molecule has 0 aromatic carbocycles. The molecule has 0 saturated heterocycles. The van der Waals surface area contributed by atoms with E-state index in [2.05, 4.69) is 21.3 Å². The Bertz CT molecular complexity index is 376. The van der Waals surface area contributed by atoms with Gasteiger partial charge in [-0.15, -0.1) is 6.42 Å². The van der Waals surface area contributed by atoms with Crippen molar-refractivity contribution < 1.29 is 9.63 Å². The van der Waals surface area contributed by atoms with Crippen LogP contribution in [0.4, 0.5) is 0 Å². The number of carbonyl (C=O) groups excluding carboxylic acids is 1. The summed E-state index contributed by atoms with van der Waals surface area (Å²) in [5.74, 6) is 1.88.